The van der Waals surface area contributed by atoms with E-state index in [2.05, 4.69) is 10.6 Å². The van der Waals surface area contributed by atoms with Crippen molar-refractivity contribution < 1.29 is 19.2 Å². The van der Waals surface area contributed by atoms with Gasteiger partial charge in [-0.05, 0) is 30.2 Å². The van der Waals surface area contributed by atoms with Crippen LogP contribution in [0.3, 0.4) is 0 Å². The number of methoxy groups -OCH3 is 2. The average molecular weight is 396 g/mol. The van der Waals surface area contributed by atoms with Crippen molar-refractivity contribution in [3.05, 3.63) is 69.9 Å². The molecule has 0 radical (unpaired) electrons. The zero-order valence-corrected chi connectivity index (χ0v) is 16.0. The van der Waals surface area contributed by atoms with E-state index in [4.69, 9.17) is 9.47 Å². The number of benzene rings is 2. The van der Waals surface area contributed by atoms with Crippen LogP contribution in [0.4, 0.5) is 11.4 Å². The van der Waals surface area contributed by atoms with Crippen LogP contribution in [0.5, 0.6) is 11.5 Å². The Labute approximate surface area is 167 Å². The summed E-state index contributed by atoms with van der Waals surface area (Å²) in [5, 5.41) is 25.5. The lowest BCUT2D eigenvalue weighted by Crippen LogP contribution is -2.18. The molecule has 0 saturated carbocycles. The van der Waals surface area contributed by atoms with Gasteiger partial charge < -0.3 is 20.1 Å². The van der Waals surface area contributed by atoms with Crippen molar-refractivity contribution in [3.8, 4) is 17.6 Å². The van der Waals surface area contributed by atoms with E-state index in [-0.39, 0.29) is 16.9 Å². The van der Waals surface area contributed by atoms with Gasteiger partial charge in [-0.3, -0.25) is 14.9 Å². The van der Waals surface area contributed by atoms with Crippen LogP contribution in [-0.4, -0.2) is 31.6 Å². The van der Waals surface area contributed by atoms with Crippen LogP contribution >= 0.6 is 0 Å². The Balaban J connectivity index is 1.98. The minimum absolute atomic E-state index is 0.0222. The summed E-state index contributed by atoms with van der Waals surface area (Å²) in [6, 6.07) is 13.0. The summed E-state index contributed by atoms with van der Waals surface area (Å²) in [6.45, 7) is 0.458. The van der Waals surface area contributed by atoms with Crippen molar-refractivity contribution in [2.24, 2.45) is 0 Å². The van der Waals surface area contributed by atoms with Crippen molar-refractivity contribution in [2.75, 3.05) is 26.1 Å². The number of carbonyl (C=O) groups is 1. The Bertz CT molecular complexity index is 966. The molecule has 2 rings (SSSR count). The first kappa shape index (κ1) is 21.2. The summed E-state index contributed by atoms with van der Waals surface area (Å²) in [5.41, 5.74) is 0.551. The predicted octanol–water partition coefficient (Wildman–Crippen LogP) is 2.79. The average Bonchev–Trinajstić information content (AvgIpc) is 2.73. The SMILES string of the molecule is COc1ccc(CCN/C=C(/C#N)C(=O)Nc2ccccc2[N+](=O)[O-])cc1OC. The Hall–Kier alpha value is -4.06. The van der Waals surface area contributed by atoms with Crippen molar-refractivity contribution in [3.63, 3.8) is 0 Å². The molecule has 0 spiro atoms. The van der Waals surface area contributed by atoms with Gasteiger partial charge in [0.2, 0.25) is 0 Å². The maximum atomic E-state index is 12.2. The lowest BCUT2D eigenvalue weighted by atomic mass is 10.1. The summed E-state index contributed by atoms with van der Waals surface area (Å²) < 4.78 is 10.4. The zero-order valence-electron chi connectivity index (χ0n) is 16.0. The molecule has 0 heterocycles. The first-order chi connectivity index (χ1) is 14.0. The molecule has 0 unspecified atom stereocenters. The molecule has 0 bridgehead atoms. The summed E-state index contributed by atoms with van der Waals surface area (Å²) in [5.74, 6) is 0.505. The third-order valence-electron chi connectivity index (χ3n) is 3.97. The van der Waals surface area contributed by atoms with Crippen molar-refractivity contribution in [1.29, 1.82) is 5.26 Å². The number of rotatable bonds is 9. The molecule has 1 amide bonds. The molecule has 0 aromatic heterocycles. The monoisotopic (exact) mass is 396 g/mol. The number of ether oxygens (including phenoxy) is 2. The molecule has 150 valence electrons. The van der Waals surface area contributed by atoms with Crippen LogP contribution in [0.2, 0.25) is 0 Å². The third kappa shape index (κ3) is 5.71. The van der Waals surface area contributed by atoms with E-state index in [1.807, 2.05) is 12.1 Å². The second-order valence-electron chi connectivity index (χ2n) is 5.79. The molecule has 0 saturated heterocycles. The van der Waals surface area contributed by atoms with E-state index < -0.39 is 10.8 Å². The van der Waals surface area contributed by atoms with Gasteiger partial charge in [0, 0.05) is 18.8 Å². The van der Waals surface area contributed by atoms with Crippen LogP contribution in [0.1, 0.15) is 5.56 Å². The van der Waals surface area contributed by atoms with Crippen molar-refractivity contribution >= 4 is 17.3 Å². The normalized spacial score (nSPS) is 10.6. The number of para-hydroxylation sites is 2. The topological polar surface area (TPSA) is 127 Å². The Morgan fingerprint density at radius 3 is 2.59 bits per heavy atom. The van der Waals surface area contributed by atoms with Gasteiger partial charge in [0.15, 0.2) is 11.5 Å². The van der Waals surface area contributed by atoms with E-state index in [1.54, 1.807) is 32.4 Å². The quantitative estimate of drug-likeness (QED) is 0.219. The van der Waals surface area contributed by atoms with Crippen LogP contribution in [0, 0.1) is 21.4 Å². The van der Waals surface area contributed by atoms with Gasteiger partial charge in [-0.2, -0.15) is 5.26 Å². The molecule has 0 aliphatic heterocycles. The number of hydrogen-bond donors (Lipinski definition) is 2. The van der Waals surface area contributed by atoms with Crippen LogP contribution in [-0.2, 0) is 11.2 Å². The van der Waals surface area contributed by atoms with Gasteiger partial charge in [0.05, 0.1) is 19.1 Å². The minimum atomic E-state index is -0.736. The van der Waals surface area contributed by atoms with Crippen molar-refractivity contribution in [2.45, 2.75) is 6.42 Å². The maximum absolute atomic E-state index is 12.2. The van der Waals surface area contributed by atoms with Crippen molar-refractivity contribution in [1.82, 2.24) is 5.32 Å². The number of anilines is 1. The highest BCUT2D eigenvalue weighted by molar-refractivity contribution is 6.07. The molecule has 0 aliphatic carbocycles. The molecule has 29 heavy (non-hydrogen) atoms. The fourth-order valence-electron chi connectivity index (χ4n) is 2.50. The first-order valence-corrected chi connectivity index (χ1v) is 8.59. The summed E-state index contributed by atoms with van der Waals surface area (Å²) in [4.78, 5) is 22.7. The van der Waals surface area contributed by atoms with E-state index in [9.17, 15) is 20.2 Å². The predicted molar refractivity (Wildman–Crippen MR) is 107 cm³/mol. The fraction of sp³-hybridized carbons (Fsp3) is 0.200. The number of nitrogens with zero attached hydrogens (tertiary/aromatic N) is 2. The molecule has 9 heteroatoms. The molecule has 0 aliphatic rings. The van der Waals surface area contributed by atoms with Gasteiger partial charge in [0.1, 0.15) is 17.3 Å². The fourth-order valence-corrected chi connectivity index (χ4v) is 2.50. The Morgan fingerprint density at radius 2 is 1.93 bits per heavy atom. The number of nitrogens with one attached hydrogen (secondary N) is 2. The standard InChI is InChI=1S/C20H20N4O5/c1-28-18-8-7-14(11-19(18)29-2)9-10-22-13-15(12-21)20(25)23-16-5-3-4-6-17(16)24(26)27/h3-8,11,13,22H,9-10H2,1-2H3,(H,23,25)/b15-13-. The second-order valence-corrected chi connectivity index (χ2v) is 5.79. The van der Waals surface area contributed by atoms with E-state index >= 15 is 0 Å². The smallest absolute Gasteiger partial charge is 0.292 e. The van der Waals surface area contributed by atoms with Crippen LogP contribution in [0.15, 0.2) is 54.2 Å². The van der Waals surface area contributed by atoms with Crippen LogP contribution in [0.25, 0.3) is 0 Å². The van der Waals surface area contributed by atoms with E-state index in [1.165, 1.54) is 24.4 Å². The van der Waals surface area contributed by atoms with Gasteiger partial charge >= 0.3 is 0 Å². The lowest BCUT2D eigenvalue weighted by molar-refractivity contribution is -0.383. The highest BCUT2D eigenvalue weighted by atomic mass is 16.6. The summed E-state index contributed by atoms with van der Waals surface area (Å²) >= 11 is 0. The number of nitro benzene ring substituents is 1. The largest absolute Gasteiger partial charge is 0.493 e. The zero-order chi connectivity index (χ0) is 21.2. The highest BCUT2D eigenvalue weighted by Crippen LogP contribution is 2.27. The lowest BCUT2D eigenvalue weighted by Gasteiger charge is -2.09. The number of hydrogen-bond acceptors (Lipinski definition) is 7. The van der Waals surface area contributed by atoms with E-state index in [0.717, 1.165) is 5.56 Å². The van der Waals surface area contributed by atoms with Crippen LogP contribution < -0.4 is 20.1 Å². The molecule has 0 fully saturated rings. The third-order valence-corrected chi connectivity index (χ3v) is 3.97. The number of amides is 1. The molecule has 2 N–H and O–H groups in total. The molecule has 2 aromatic rings. The van der Waals surface area contributed by atoms with E-state index in [0.29, 0.717) is 24.5 Å². The molecule has 0 atom stereocenters. The number of nitro groups is 1. The molecular formula is C20H20N4O5. The minimum Gasteiger partial charge on any atom is -0.493 e. The van der Waals surface area contributed by atoms with Gasteiger partial charge in [-0.25, -0.2) is 0 Å². The number of nitriles is 1. The highest BCUT2D eigenvalue weighted by Gasteiger charge is 2.17. The maximum Gasteiger partial charge on any atom is 0.292 e. The second kappa shape index (κ2) is 10.3. The Kier molecular flexibility index (Phi) is 7.56. The number of carbonyl (C=O) groups excluding carboxylic acids is 1. The van der Waals surface area contributed by atoms with Gasteiger partial charge in [-0.15, -0.1) is 0 Å². The van der Waals surface area contributed by atoms with Gasteiger partial charge in [-0.1, -0.05) is 18.2 Å². The molecule has 2 aromatic carbocycles. The summed E-state index contributed by atoms with van der Waals surface area (Å²) in [7, 11) is 3.11. The van der Waals surface area contributed by atoms with Gasteiger partial charge in [0.25, 0.3) is 11.6 Å². The molecule has 9 nitrogen and oxygen atoms in total. The molecular weight excluding hydrogens is 376 g/mol. The first-order valence-electron chi connectivity index (χ1n) is 8.59. The Morgan fingerprint density at radius 1 is 1.21 bits per heavy atom. The summed E-state index contributed by atoms with van der Waals surface area (Å²) in [6.07, 6.45) is 1.90.